The third-order valence-corrected chi connectivity index (χ3v) is 7.42. The highest BCUT2D eigenvalue weighted by atomic mass is 19.1. The van der Waals surface area contributed by atoms with E-state index in [1.807, 2.05) is 23.1 Å². The minimum atomic E-state index is -0.356. The molecule has 0 bridgehead atoms. The number of carbonyl (C=O) groups is 2. The summed E-state index contributed by atoms with van der Waals surface area (Å²) in [5, 5.41) is 3.78. The summed E-state index contributed by atoms with van der Waals surface area (Å²) in [6.07, 6.45) is 2.77. The van der Waals surface area contributed by atoms with Crippen molar-refractivity contribution >= 4 is 22.7 Å². The molecule has 2 aromatic carbocycles. The van der Waals surface area contributed by atoms with Crippen LogP contribution in [0.15, 0.2) is 61.2 Å². The van der Waals surface area contributed by atoms with E-state index in [0.29, 0.717) is 43.6 Å². The molecule has 2 amide bonds. The number of likely N-dealkylation sites (tertiary alicyclic amines) is 1. The third kappa shape index (κ3) is 4.20. The smallest absolute Gasteiger partial charge is 0.270 e. The van der Waals surface area contributed by atoms with Crippen molar-refractivity contribution in [2.45, 2.75) is 30.4 Å². The summed E-state index contributed by atoms with van der Waals surface area (Å²) < 4.78 is 25.0. The summed E-state index contributed by atoms with van der Waals surface area (Å²) >= 11 is 0. The molecular formula is C28H30FN3O4. The number of piperidine rings is 1. The van der Waals surface area contributed by atoms with Crippen molar-refractivity contribution in [1.82, 2.24) is 15.2 Å². The van der Waals surface area contributed by atoms with Crippen LogP contribution < -0.4 is 5.32 Å². The molecule has 1 fully saturated rings. The molecule has 8 heteroatoms. The van der Waals surface area contributed by atoms with E-state index in [0.717, 1.165) is 16.6 Å². The largest absolute Gasteiger partial charge is 0.375 e. The third-order valence-electron chi connectivity index (χ3n) is 7.42. The van der Waals surface area contributed by atoms with Gasteiger partial charge in [-0.25, -0.2) is 4.39 Å². The molecule has 1 aliphatic carbocycles. The van der Waals surface area contributed by atoms with Crippen LogP contribution in [0.4, 0.5) is 4.39 Å². The molecule has 3 aromatic rings. The lowest BCUT2D eigenvalue weighted by atomic mass is 9.71. The molecule has 5 rings (SSSR count). The van der Waals surface area contributed by atoms with Crippen LogP contribution in [-0.4, -0.2) is 61.2 Å². The number of fused-ring (bicyclic) bond motifs is 3. The zero-order chi connectivity index (χ0) is 25.3. The Morgan fingerprint density at radius 2 is 2.00 bits per heavy atom. The van der Waals surface area contributed by atoms with Crippen LogP contribution in [-0.2, 0) is 19.7 Å². The molecule has 2 aliphatic rings. The van der Waals surface area contributed by atoms with Gasteiger partial charge in [-0.3, -0.25) is 9.59 Å². The Labute approximate surface area is 209 Å². The van der Waals surface area contributed by atoms with Crippen LogP contribution in [0.25, 0.3) is 10.9 Å². The van der Waals surface area contributed by atoms with Gasteiger partial charge in [0.1, 0.15) is 18.1 Å². The van der Waals surface area contributed by atoms with E-state index >= 15 is 0 Å². The van der Waals surface area contributed by atoms with Gasteiger partial charge in [0.15, 0.2) is 0 Å². The lowest BCUT2D eigenvalue weighted by Crippen LogP contribution is -2.52. The van der Waals surface area contributed by atoms with E-state index in [2.05, 4.69) is 22.9 Å². The Balaban J connectivity index is 1.41. The summed E-state index contributed by atoms with van der Waals surface area (Å²) in [6, 6.07) is 13.9. The number of carbonyl (C=O) groups excluding carboxylic acids is 2. The average Bonchev–Trinajstić information content (AvgIpc) is 3.41. The Morgan fingerprint density at radius 3 is 2.75 bits per heavy atom. The van der Waals surface area contributed by atoms with Crippen molar-refractivity contribution < 1.29 is 23.5 Å². The maximum absolute atomic E-state index is 13.6. The van der Waals surface area contributed by atoms with Gasteiger partial charge in [0, 0.05) is 36.5 Å². The second kappa shape index (κ2) is 9.87. The topological polar surface area (TPSA) is 83.7 Å². The second-order valence-electron chi connectivity index (χ2n) is 9.47. The summed E-state index contributed by atoms with van der Waals surface area (Å²) in [4.78, 5) is 30.8. The molecule has 0 saturated carbocycles. The fourth-order valence-corrected chi connectivity index (χ4v) is 5.84. The standard InChI is InChI=1S/C28H30FN3O4/c1-3-14-36-26-25(31-24(33)17-35-2)20-6-4-5-7-21(20)28(26)10-12-32(13-11-28)27(34)23-16-18-15-19(29)8-9-22(18)30-23/h3-9,15-16,25-26,30H,1,10-14,17H2,2H3,(H,31,33)/t25-,26+/m1/s1. The number of rotatable bonds is 7. The first-order chi connectivity index (χ1) is 17.5. The quantitative estimate of drug-likeness (QED) is 0.492. The minimum absolute atomic E-state index is 0.0312. The molecule has 2 atom stereocenters. The number of methoxy groups -OCH3 is 1. The summed E-state index contributed by atoms with van der Waals surface area (Å²) in [5.74, 6) is -0.649. The molecule has 1 spiro atoms. The van der Waals surface area contributed by atoms with Crippen molar-refractivity contribution in [3.05, 3.63) is 83.8 Å². The number of H-pyrrole nitrogens is 1. The van der Waals surface area contributed by atoms with Crippen molar-refractivity contribution in [3.8, 4) is 0 Å². The van der Waals surface area contributed by atoms with Gasteiger partial charge in [-0.05, 0) is 48.2 Å². The van der Waals surface area contributed by atoms with Crippen molar-refractivity contribution in [2.75, 3.05) is 33.4 Å². The molecule has 188 valence electrons. The van der Waals surface area contributed by atoms with Gasteiger partial charge in [0.25, 0.3) is 5.91 Å². The first-order valence-electron chi connectivity index (χ1n) is 12.1. The highest BCUT2D eigenvalue weighted by Crippen LogP contribution is 2.52. The lowest BCUT2D eigenvalue weighted by Gasteiger charge is -2.44. The number of aromatic nitrogens is 1. The van der Waals surface area contributed by atoms with Crippen LogP contribution >= 0.6 is 0 Å². The first-order valence-corrected chi connectivity index (χ1v) is 12.1. The van der Waals surface area contributed by atoms with Gasteiger partial charge in [0.2, 0.25) is 5.91 Å². The maximum atomic E-state index is 13.6. The molecule has 1 aromatic heterocycles. The molecule has 1 aliphatic heterocycles. The molecular weight excluding hydrogens is 461 g/mol. The van der Waals surface area contributed by atoms with Crippen LogP contribution in [0.3, 0.4) is 0 Å². The van der Waals surface area contributed by atoms with Gasteiger partial charge in [-0.1, -0.05) is 30.3 Å². The Kier molecular flexibility index (Phi) is 6.64. The van der Waals surface area contributed by atoms with E-state index in [1.165, 1.54) is 19.2 Å². The van der Waals surface area contributed by atoms with Gasteiger partial charge in [0.05, 0.1) is 18.8 Å². The summed E-state index contributed by atoms with van der Waals surface area (Å²) in [6.45, 7) is 5.18. The van der Waals surface area contributed by atoms with Crippen molar-refractivity contribution in [3.63, 3.8) is 0 Å². The minimum Gasteiger partial charge on any atom is -0.375 e. The van der Waals surface area contributed by atoms with Crippen LogP contribution in [0.1, 0.15) is 40.5 Å². The lowest BCUT2D eigenvalue weighted by molar-refractivity contribution is -0.127. The predicted octanol–water partition coefficient (Wildman–Crippen LogP) is 3.87. The highest BCUT2D eigenvalue weighted by Gasteiger charge is 2.54. The molecule has 0 radical (unpaired) electrons. The molecule has 2 N–H and O–H groups in total. The number of hydrogen-bond acceptors (Lipinski definition) is 4. The number of ether oxygens (including phenoxy) is 2. The number of halogens is 1. The number of nitrogens with zero attached hydrogens (tertiary/aromatic N) is 1. The Morgan fingerprint density at radius 1 is 1.22 bits per heavy atom. The maximum Gasteiger partial charge on any atom is 0.270 e. The van der Waals surface area contributed by atoms with Gasteiger partial charge >= 0.3 is 0 Å². The normalized spacial score (nSPS) is 20.4. The fourth-order valence-electron chi connectivity index (χ4n) is 5.84. The second-order valence-corrected chi connectivity index (χ2v) is 9.47. The van der Waals surface area contributed by atoms with E-state index in [4.69, 9.17) is 9.47 Å². The highest BCUT2D eigenvalue weighted by molar-refractivity contribution is 5.98. The number of benzene rings is 2. The first kappa shape index (κ1) is 24.2. The van der Waals surface area contributed by atoms with Crippen LogP contribution in [0, 0.1) is 5.82 Å². The van der Waals surface area contributed by atoms with Crippen LogP contribution in [0.2, 0.25) is 0 Å². The number of nitrogens with one attached hydrogen (secondary N) is 2. The van der Waals surface area contributed by atoms with Gasteiger partial charge in [-0.2, -0.15) is 0 Å². The average molecular weight is 492 g/mol. The number of hydrogen-bond donors (Lipinski definition) is 2. The van der Waals surface area contributed by atoms with Crippen molar-refractivity contribution in [1.29, 1.82) is 0 Å². The molecule has 7 nitrogen and oxygen atoms in total. The zero-order valence-electron chi connectivity index (χ0n) is 20.3. The van der Waals surface area contributed by atoms with E-state index in [1.54, 1.807) is 18.2 Å². The zero-order valence-corrected chi connectivity index (χ0v) is 20.3. The SMILES string of the molecule is C=CCO[C@H]1[C@H](NC(=O)COC)c2ccccc2C12CCN(C(=O)c1cc3cc(F)ccc3[nH]1)CC2. The van der Waals surface area contributed by atoms with Crippen LogP contribution in [0.5, 0.6) is 0 Å². The molecule has 1 saturated heterocycles. The fraction of sp³-hybridized carbons (Fsp3) is 0.357. The van der Waals surface area contributed by atoms with Gasteiger partial charge < -0.3 is 24.7 Å². The van der Waals surface area contributed by atoms with E-state index < -0.39 is 0 Å². The number of aromatic amines is 1. The number of amides is 2. The van der Waals surface area contributed by atoms with Gasteiger partial charge in [-0.15, -0.1) is 6.58 Å². The Bertz CT molecular complexity index is 1290. The summed E-state index contributed by atoms with van der Waals surface area (Å²) in [5.41, 5.74) is 3.00. The Hall–Kier alpha value is -3.49. The molecule has 0 unspecified atom stereocenters. The van der Waals surface area contributed by atoms with E-state index in [9.17, 15) is 14.0 Å². The van der Waals surface area contributed by atoms with E-state index in [-0.39, 0.29) is 41.8 Å². The molecule has 2 heterocycles. The summed E-state index contributed by atoms with van der Waals surface area (Å²) in [7, 11) is 1.49. The molecule has 36 heavy (non-hydrogen) atoms. The van der Waals surface area contributed by atoms with Crippen molar-refractivity contribution in [2.24, 2.45) is 0 Å². The predicted molar refractivity (Wildman–Crippen MR) is 134 cm³/mol. The monoisotopic (exact) mass is 491 g/mol.